The Hall–Kier alpha value is -2.38. The summed E-state index contributed by atoms with van der Waals surface area (Å²) in [5.41, 5.74) is 0.316. The van der Waals surface area contributed by atoms with Gasteiger partial charge in [0.1, 0.15) is 11.4 Å². The standard InChI is InChI=1S/C16H22N4O4/c1-11-15(20(23)24)14(9-8-13(22)10-21)18-16(17-11)19(2)12-6-4-3-5-7-12/h10,12H,3-9H2,1-2H3. The Morgan fingerprint density at radius 2 is 2.00 bits per heavy atom. The molecule has 0 saturated heterocycles. The molecule has 1 heterocycles. The van der Waals surface area contributed by atoms with E-state index in [9.17, 15) is 19.7 Å². The van der Waals surface area contributed by atoms with Gasteiger partial charge in [-0.3, -0.25) is 19.7 Å². The topological polar surface area (TPSA) is 106 Å². The number of aldehydes is 1. The number of aromatic nitrogens is 2. The summed E-state index contributed by atoms with van der Waals surface area (Å²) < 4.78 is 0. The maximum Gasteiger partial charge on any atom is 0.311 e. The molecule has 1 aromatic heterocycles. The van der Waals surface area contributed by atoms with Crippen LogP contribution in [0.5, 0.6) is 0 Å². The molecule has 0 unspecified atom stereocenters. The Morgan fingerprint density at radius 1 is 1.33 bits per heavy atom. The molecule has 1 saturated carbocycles. The molecule has 0 N–H and O–H groups in total. The predicted octanol–water partition coefficient (Wildman–Crippen LogP) is 2.16. The van der Waals surface area contributed by atoms with Crippen molar-refractivity contribution >= 4 is 23.7 Å². The van der Waals surface area contributed by atoms with Crippen molar-refractivity contribution in [1.82, 2.24) is 9.97 Å². The molecule has 0 amide bonds. The Kier molecular flexibility index (Phi) is 5.94. The second kappa shape index (κ2) is 7.94. The fraction of sp³-hybridized carbons (Fsp3) is 0.625. The minimum atomic E-state index is -0.595. The number of hydrogen-bond acceptors (Lipinski definition) is 7. The number of carbonyl (C=O) groups is 2. The Balaban J connectivity index is 2.31. The summed E-state index contributed by atoms with van der Waals surface area (Å²) in [5.74, 6) is -0.152. The van der Waals surface area contributed by atoms with E-state index in [1.807, 2.05) is 11.9 Å². The molecule has 8 nitrogen and oxygen atoms in total. The SMILES string of the molecule is Cc1nc(N(C)C2CCCCC2)nc(CCC(=O)C=O)c1[N+](=O)[O-]. The fourth-order valence-electron chi connectivity index (χ4n) is 3.11. The van der Waals surface area contributed by atoms with Crippen LogP contribution in [0.2, 0.25) is 0 Å². The van der Waals surface area contributed by atoms with Gasteiger partial charge in [-0.1, -0.05) is 19.3 Å². The largest absolute Gasteiger partial charge is 0.341 e. The molecule has 0 aromatic carbocycles. The van der Waals surface area contributed by atoms with Gasteiger partial charge in [0.25, 0.3) is 0 Å². The van der Waals surface area contributed by atoms with Gasteiger partial charge >= 0.3 is 5.69 Å². The van der Waals surface area contributed by atoms with Crippen LogP contribution in [0.1, 0.15) is 49.9 Å². The van der Waals surface area contributed by atoms with Crippen molar-refractivity contribution in [3.05, 3.63) is 21.5 Å². The molecule has 0 atom stereocenters. The van der Waals surface area contributed by atoms with Crippen LogP contribution in [0.25, 0.3) is 0 Å². The number of Topliss-reactive ketones (excluding diaryl/α,β-unsaturated/α-hetero) is 1. The highest BCUT2D eigenvalue weighted by Gasteiger charge is 2.26. The first-order chi connectivity index (χ1) is 11.4. The van der Waals surface area contributed by atoms with Gasteiger partial charge in [0, 0.05) is 25.9 Å². The summed E-state index contributed by atoms with van der Waals surface area (Å²) in [6.07, 6.45) is 5.83. The molecular weight excluding hydrogens is 312 g/mol. The molecule has 1 aliphatic carbocycles. The van der Waals surface area contributed by atoms with E-state index in [0.717, 1.165) is 25.7 Å². The highest BCUT2D eigenvalue weighted by Crippen LogP contribution is 2.28. The normalized spacial score (nSPS) is 15.1. The van der Waals surface area contributed by atoms with Gasteiger partial charge in [0.15, 0.2) is 12.1 Å². The molecule has 0 aliphatic heterocycles. The van der Waals surface area contributed by atoms with Crippen LogP contribution in [0, 0.1) is 17.0 Å². The van der Waals surface area contributed by atoms with Crippen molar-refractivity contribution < 1.29 is 14.5 Å². The van der Waals surface area contributed by atoms with Crippen molar-refractivity contribution in [2.45, 2.75) is 57.9 Å². The summed E-state index contributed by atoms with van der Waals surface area (Å²) >= 11 is 0. The second-order valence-corrected chi connectivity index (χ2v) is 6.15. The zero-order valence-corrected chi connectivity index (χ0v) is 14.0. The van der Waals surface area contributed by atoms with Crippen molar-refractivity contribution in [2.75, 3.05) is 11.9 Å². The summed E-state index contributed by atoms with van der Waals surface area (Å²) in [5, 5.41) is 11.3. The molecule has 130 valence electrons. The van der Waals surface area contributed by atoms with E-state index in [2.05, 4.69) is 9.97 Å². The molecule has 1 aliphatic rings. The number of anilines is 1. The smallest absolute Gasteiger partial charge is 0.311 e. The van der Waals surface area contributed by atoms with E-state index in [1.165, 1.54) is 6.42 Å². The lowest BCUT2D eigenvalue weighted by Gasteiger charge is -2.31. The van der Waals surface area contributed by atoms with Crippen LogP contribution in [0.15, 0.2) is 0 Å². The van der Waals surface area contributed by atoms with E-state index < -0.39 is 10.7 Å². The molecule has 1 fully saturated rings. The third-order valence-corrected chi connectivity index (χ3v) is 4.48. The Morgan fingerprint density at radius 3 is 2.58 bits per heavy atom. The summed E-state index contributed by atoms with van der Waals surface area (Å²) in [4.78, 5) is 43.1. The van der Waals surface area contributed by atoms with E-state index in [-0.39, 0.29) is 36.2 Å². The maximum absolute atomic E-state index is 11.3. The van der Waals surface area contributed by atoms with Gasteiger partial charge in [0.05, 0.1) is 4.92 Å². The molecule has 0 radical (unpaired) electrons. The number of ketones is 1. The molecule has 0 bridgehead atoms. The van der Waals surface area contributed by atoms with Crippen LogP contribution in [0.4, 0.5) is 11.6 Å². The number of carbonyl (C=O) groups excluding carboxylic acids is 2. The Labute approximate surface area is 140 Å². The first-order valence-electron chi connectivity index (χ1n) is 8.16. The molecule has 8 heteroatoms. The van der Waals surface area contributed by atoms with Crippen molar-refractivity contribution in [3.8, 4) is 0 Å². The van der Waals surface area contributed by atoms with Crippen LogP contribution in [-0.2, 0) is 16.0 Å². The second-order valence-electron chi connectivity index (χ2n) is 6.15. The Bertz CT molecular complexity index is 641. The van der Waals surface area contributed by atoms with Crippen LogP contribution in [-0.4, -0.2) is 40.1 Å². The van der Waals surface area contributed by atoms with Crippen LogP contribution >= 0.6 is 0 Å². The number of aryl methyl sites for hydroxylation is 2. The molecule has 24 heavy (non-hydrogen) atoms. The van der Waals surface area contributed by atoms with Gasteiger partial charge in [-0.05, 0) is 19.8 Å². The average Bonchev–Trinajstić information content (AvgIpc) is 2.58. The summed E-state index contributed by atoms with van der Waals surface area (Å²) in [6.45, 7) is 1.57. The lowest BCUT2D eigenvalue weighted by atomic mass is 9.95. The van der Waals surface area contributed by atoms with E-state index in [4.69, 9.17) is 0 Å². The number of hydrogen-bond donors (Lipinski definition) is 0. The van der Waals surface area contributed by atoms with E-state index in [1.54, 1.807) is 6.92 Å². The maximum atomic E-state index is 11.3. The summed E-state index contributed by atoms with van der Waals surface area (Å²) in [6, 6.07) is 0.323. The fourth-order valence-corrected chi connectivity index (χ4v) is 3.11. The molecule has 1 aromatic rings. The first kappa shape index (κ1) is 18.0. The monoisotopic (exact) mass is 334 g/mol. The highest BCUT2D eigenvalue weighted by molar-refractivity contribution is 6.24. The molecule has 2 rings (SSSR count). The van der Waals surface area contributed by atoms with Crippen LogP contribution in [0.3, 0.4) is 0 Å². The summed E-state index contributed by atoms with van der Waals surface area (Å²) in [7, 11) is 1.90. The molecule has 0 spiro atoms. The first-order valence-corrected chi connectivity index (χ1v) is 8.16. The quantitative estimate of drug-likeness (QED) is 0.325. The minimum Gasteiger partial charge on any atom is -0.341 e. The lowest BCUT2D eigenvalue weighted by Crippen LogP contribution is -2.35. The zero-order chi connectivity index (χ0) is 17.7. The van der Waals surface area contributed by atoms with E-state index in [0.29, 0.717) is 12.0 Å². The van der Waals surface area contributed by atoms with Gasteiger partial charge < -0.3 is 4.90 Å². The highest BCUT2D eigenvalue weighted by atomic mass is 16.6. The minimum absolute atomic E-state index is 0.0583. The average molecular weight is 334 g/mol. The third kappa shape index (κ3) is 4.12. The van der Waals surface area contributed by atoms with Crippen LogP contribution < -0.4 is 4.90 Å². The van der Waals surface area contributed by atoms with Gasteiger partial charge in [0.2, 0.25) is 5.95 Å². The number of nitro groups is 1. The zero-order valence-electron chi connectivity index (χ0n) is 14.0. The molecular formula is C16H22N4O4. The van der Waals surface area contributed by atoms with E-state index >= 15 is 0 Å². The van der Waals surface area contributed by atoms with Gasteiger partial charge in [-0.15, -0.1) is 0 Å². The van der Waals surface area contributed by atoms with Gasteiger partial charge in [-0.2, -0.15) is 0 Å². The number of rotatable bonds is 7. The number of nitrogens with zero attached hydrogens (tertiary/aromatic N) is 4. The lowest BCUT2D eigenvalue weighted by molar-refractivity contribution is -0.386. The van der Waals surface area contributed by atoms with Crippen molar-refractivity contribution in [2.24, 2.45) is 0 Å². The van der Waals surface area contributed by atoms with Gasteiger partial charge in [-0.25, -0.2) is 9.97 Å². The third-order valence-electron chi connectivity index (χ3n) is 4.48. The van der Waals surface area contributed by atoms with Crippen molar-refractivity contribution in [3.63, 3.8) is 0 Å². The predicted molar refractivity (Wildman–Crippen MR) is 88.1 cm³/mol. The van der Waals surface area contributed by atoms with Crippen molar-refractivity contribution in [1.29, 1.82) is 0 Å².